The lowest BCUT2D eigenvalue weighted by Gasteiger charge is -2.28. The van der Waals surface area contributed by atoms with E-state index in [0.717, 1.165) is 23.8 Å². The predicted molar refractivity (Wildman–Crippen MR) is 80.7 cm³/mol. The van der Waals surface area contributed by atoms with Gasteiger partial charge in [-0.3, -0.25) is 10.1 Å². The summed E-state index contributed by atoms with van der Waals surface area (Å²) < 4.78 is 0. The van der Waals surface area contributed by atoms with Crippen molar-refractivity contribution in [1.82, 2.24) is 0 Å². The summed E-state index contributed by atoms with van der Waals surface area (Å²) in [6, 6.07) is 5.29. The molecule has 0 saturated heterocycles. The van der Waals surface area contributed by atoms with Gasteiger partial charge in [-0.2, -0.15) is 11.8 Å². The number of hydrogen-bond donors (Lipinski definition) is 2. The van der Waals surface area contributed by atoms with Gasteiger partial charge in [0, 0.05) is 23.0 Å². The highest BCUT2D eigenvalue weighted by Crippen LogP contribution is 2.30. The Bertz CT molecular complexity index is 459. The van der Waals surface area contributed by atoms with Gasteiger partial charge in [0.25, 0.3) is 5.69 Å². The van der Waals surface area contributed by atoms with Crippen LogP contribution in [0.4, 0.5) is 17.1 Å². The van der Waals surface area contributed by atoms with E-state index in [2.05, 4.69) is 11.6 Å². The monoisotopic (exact) mass is 281 g/mol. The lowest BCUT2D eigenvalue weighted by molar-refractivity contribution is -0.383. The molecule has 0 unspecified atom stereocenters. The molecule has 104 valence electrons. The SMILES string of the molecule is CSC1CCC(Nc2ccc([N+](=O)[O-])c(N)c2)CC1. The van der Waals surface area contributed by atoms with E-state index >= 15 is 0 Å². The van der Waals surface area contributed by atoms with Crippen molar-refractivity contribution >= 4 is 28.8 Å². The van der Waals surface area contributed by atoms with Gasteiger partial charge in [0.05, 0.1) is 4.92 Å². The van der Waals surface area contributed by atoms with Crippen molar-refractivity contribution in [3.05, 3.63) is 28.3 Å². The maximum Gasteiger partial charge on any atom is 0.292 e. The molecule has 1 saturated carbocycles. The Kier molecular flexibility index (Phi) is 4.52. The zero-order chi connectivity index (χ0) is 13.8. The number of hydrogen-bond acceptors (Lipinski definition) is 5. The summed E-state index contributed by atoms with van der Waals surface area (Å²) in [4.78, 5) is 10.2. The van der Waals surface area contributed by atoms with Gasteiger partial charge in [-0.25, -0.2) is 0 Å². The van der Waals surface area contributed by atoms with Crippen molar-refractivity contribution in [2.75, 3.05) is 17.3 Å². The van der Waals surface area contributed by atoms with Crippen LogP contribution in [0.1, 0.15) is 25.7 Å². The quantitative estimate of drug-likeness (QED) is 0.503. The molecule has 1 aromatic rings. The number of nitro groups is 1. The number of nitro benzene ring substituents is 1. The Morgan fingerprint density at radius 2 is 2.05 bits per heavy atom. The Morgan fingerprint density at radius 1 is 1.37 bits per heavy atom. The van der Waals surface area contributed by atoms with E-state index in [-0.39, 0.29) is 11.4 Å². The van der Waals surface area contributed by atoms with Crippen molar-refractivity contribution in [2.45, 2.75) is 37.0 Å². The molecule has 3 N–H and O–H groups in total. The van der Waals surface area contributed by atoms with E-state index in [0.29, 0.717) is 6.04 Å². The summed E-state index contributed by atoms with van der Waals surface area (Å²) in [5.74, 6) is 0. The van der Waals surface area contributed by atoms with Crippen LogP contribution in [-0.4, -0.2) is 22.5 Å². The number of benzene rings is 1. The van der Waals surface area contributed by atoms with Crippen LogP contribution in [0.3, 0.4) is 0 Å². The van der Waals surface area contributed by atoms with E-state index in [9.17, 15) is 10.1 Å². The summed E-state index contributed by atoms with van der Waals surface area (Å²) in [5, 5.41) is 14.9. The predicted octanol–water partition coefficient (Wildman–Crippen LogP) is 3.26. The zero-order valence-electron chi connectivity index (χ0n) is 11.0. The molecule has 6 heteroatoms. The molecular formula is C13H19N3O2S. The fraction of sp³-hybridized carbons (Fsp3) is 0.538. The average molecular weight is 281 g/mol. The van der Waals surface area contributed by atoms with Crippen LogP contribution in [0.2, 0.25) is 0 Å². The molecule has 0 bridgehead atoms. The third-order valence-electron chi connectivity index (χ3n) is 3.60. The van der Waals surface area contributed by atoms with Crippen molar-refractivity contribution in [3.8, 4) is 0 Å². The second-order valence-corrected chi connectivity index (χ2v) is 6.02. The maximum absolute atomic E-state index is 10.7. The molecule has 5 nitrogen and oxygen atoms in total. The number of nitrogens with two attached hydrogens (primary N) is 1. The molecule has 0 radical (unpaired) electrons. The molecule has 0 aliphatic heterocycles. The van der Waals surface area contributed by atoms with E-state index in [1.807, 2.05) is 11.8 Å². The molecule has 1 aliphatic carbocycles. The van der Waals surface area contributed by atoms with E-state index in [1.165, 1.54) is 18.9 Å². The Morgan fingerprint density at radius 3 is 2.58 bits per heavy atom. The van der Waals surface area contributed by atoms with E-state index in [1.54, 1.807) is 12.1 Å². The average Bonchev–Trinajstić information content (AvgIpc) is 2.39. The minimum atomic E-state index is -0.456. The zero-order valence-corrected chi connectivity index (χ0v) is 11.8. The van der Waals surface area contributed by atoms with Gasteiger partial charge >= 0.3 is 0 Å². The topological polar surface area (TPSA) is 81.2 Å². The molecule has 0 atom stereocenters. The van der Waals surface area contributed by atoms with Gasteiger partial charge in [0.2, 0.25) is 0 Å². The van der Waals surface area contributed by atoms with Crippen LogP contribution < -0.4 is 11.1 Å². The molecule has 1 aliphatic rings. The second-order valence-electron chi connectivity index (χ2n) is 4.88. The highest BCUT2D eigenvalue weighted by molar-refractivity contribution is 7.99. The first kappa shape index (κ1) is 14.0. The van der Waals surface area contributed by atoms with Crippen LogP contribution in [0.5, 0.6) is 0 Å². The number of thioether (sulfide) groups is 1. The first-order valence-electron chi connectivity index (χ1n) is 6.43. The minimum absolute atomic E-state index is 0.0309. The van der Waals surface area contributed by atoms with Crippen LogP contribution in [-0.2, 0) is 0 Å². The minimum Gasteiger partial charge on any atom is -0.393 e. The molecule has 0 spiro atoms. The van der Waals surface area contributed by atoms with Gasteiger partial charge in [-0.05, 0) is 44.1 Å². The number of rotatable bonds is 4. The first-order valence-corrected chi connectivity index (χ1v) is 7.72. The Balaban J connectivity index is 1.97. The number of nitrogen functional groups attached to an aromatic ring is 1. The number of anilines is 2. The Hall–Kier alpha value is -1.43. The fourth-order valence-electron chi connectivity index (χ4n) is 2.49. The van der Waals surface area contributed by atoms with E-state index < -0.39 is 4.92 Å². The van der Waals surface area contributed by atoms with Crippen molar-refractivity contribution in [1.29, 1.82) is 0 Å². The molecule has 0 heterocycles. The molecule has 1 fully saturated rings. The van der Waals surface area contributed by atoms with E-state index in [4.69, 9.17) is 5.73 Å². The van der Waals surface area contributed by atoms with Gasteiger partial charge in [0.1, 0.15) is 5.69 Å². The third kappa shape index (κ3) is 3.53. The van der Waals surface area contributed by atoms with Crippen molar-refractivity contribution in [3.63, 3.8) is 0 Å². The van der Waals surface area contributed by atoms with Crippen LogP contribution in [0, 0.1) is 10.1 Å². The smallest absolute Gasteiger partial charge is 0.292 e. The summed E-state index contributed by atoms with van der Waals surface area (Å²) >= 11 is 1.94. The van der Waals surface area contributed by atoms with Crippen LogP contribution >= 0.6 is 11.8 Å². The highest BCUT2D eigenvalue weighted by Gasteiger charge is 2.20. The first-order chi connectivity index (χ1) is 9.10. The third-order valence-corrected chi connectivity index (χ3v) is 4.74. The molecule has 2 rings (SSSR count). The van der Waals surface area contributed by atoms with Crippen molar-refractivity contribution in [2.24, 2.45) is 0 Å². The maximum atomic E-state index is 10.7. The van der Waals surface area contributed by atoms with Crippen LogP contribution in [0.25, 0.3) is 0 Å². The fourth-order valence-corrected chi connectivity index (χ4v) is 3.23. The standard InChI is InChI=1S/C13H19N3O2S/c1-19-11-5-2-9(3-6-11)15-10-4-7-13(16(17)18)12(14)8-10/h4,7-9,11,15H,2-3,5-6,14H2,1H3. The number of nitrogens with one attached hydrogen (secondary N) is 1. The second kappa shape index (κ2) is 6.14. The van der Waals surface area contributed by atoms with Crippen molar-refractivity contribution < 1.29 is 4.92 Å². The summed E-state index contributed by atoms with van der Waals surface area (Å²) in [7, 11) is 0. The Labute approximate surface area is 117 Å². The normalized spacial score (nSPS) is 23.0. The lowest BCUT2D eigenvalue weighted by atomic mass is 9.95. The molecule has 19 heavy (non-hydrogen) atoms. The van der Waals surface area contributed by atoms with Gasteiger partial charge in [0.15, 0.2) is 0 Å². The number of nitrogens with zero attached hydrogens (tertiary/aromatic N) is 1. The molecular weight excluding hydrogens is 262 g/mol. The van der Waals surface area contributed by atoms with Gasteiger partial charge in [-0.1, -0.05) is 0 Å². The van der Waals surface area contributed by atoms with Gasteiger partial charge < -0.3 is 11.1 Å². The lowest BCUT2D eigenvalue weighted by Crippen LogP contribution is -2.27. The molecule has 0 amide bonds. The summed E-state index contributed by atoms with van der Waals surface area (Å²) in [5.41, 5.74) is 6.74. The largest absolute Gasteiger partial charge is 0.393 e. The highest BCUT2D eigenvalue weighted by atomic mass is 32.2. The summed E-state index contributed by atoms with van der Waals surface area (Å²) in [6.45, 7) is 0. The summed E-state index contributed by atoms with van der Waals surface area (Å²) in [6.07, 6.45) is 6.89. The van der Waals surface area contributed by atoms with Crippen LogP contribution in [0.15, 0.2) is 18.2 Å². The molecule has 0 aromatic heterocycles. The van der Waals surface area contributed by atoms with Gasteiger partial charge in [-0.15, -0.1) is 0 Å². The molecule has 1 aromatic carbocycles.